The van der Waals surface area contributed by atoms with Gasteiger partial charge < -0.3 is 5.32 Å². The molecular formula is C15H17F2N3. The van der Waals surface area contributed by atoms with Gasteiger partial charge in [-0.15, -0.1) is 0 Å². The van der Waals surface area contributed by atoms with Crippen LogP contribution in [0.25, 0.3) is 11.4 Å². The summed E-state index contributed by atoms with van der Waals surface area (Å²) in [6.45, 7) is 3.97. The average Bonchev–Trinajstić information content (AvgIpc) is 2.46. The monoisotopic (exact) mass is 277 g/mol. The lowest BCUT2D eigenvalue weighted by Gasteiger charge is -2.11. The molecule has 3 nitrogen and oxygen atoms in total. The lowest BCUT2D eigenvalue weighted by atomic mass is 10.1. The van der Waals surface area contributed by atoms with Gasteiger partial charge in [0.15, 0.2) is 5.82 Å². The summed E-state index contributed by atoms with van der Waals surface area (Å²) in [5, 5.41) is 3.06. The van der Waals surface area contributed by atoms with E-state index in [1.165, 1.54) is 12.1 Å². The van der Waals surface area contributed by atoms with Gasteiger partial charge in [-0.25, -0.2) is 18.7 Å². The Labute approximate surface area is 117 Å². The molecule has 5 heteroatoms. The highest BCUT2D eigenvalue weighted by Gasteiger charge is 2.12. The van der Waals surface area contributed by atoms with Crippen LogP contribution in [0.4, 0.5) is 14.6 Å². The van der Waals surface area contributed by atoms with Gasteiger partial charge in [0.25, 0.3) is 6.43 Å². The lowest BCUT2D eigenvalue weighted by molar-refractivity contribution is 0.151. The second-order valence-corrected chi connectivity index (χ2v) is 4.49. The number of aryl methyl sites for hydroxylation is 1. The fourth-order valence-electron chi connectivity index (χ4n) is 2.13. The van der Waals surface area contributed by atoms with Crippen LogP contribution < -0.4 is 5.32 Å². The predicted molar refractivity (Wildman–Crippen MR) is 76.1 cm³/mol. The maximum absolute atomic E-state index is 12.5. The van der Waals surface area contributed by atoms with Gasteiger partial charge in [0, 0.05) is 29.4 Å². The Kier molecular flexibility index (Phi) is 4.27. The minimum atomic E-state index is -2.46. The lowest BCUT2D eigenvalue weighted by Crippen LogP contribution is -2.05. The Balaban J connectivity index is 2.44. The molecule has 20 heavy (non-hydrogen) atoms. The van der Waals surface area contributed by atoms with Crippen molar-refractivity contribution in [3.8, 4) is 11.4 Å². The van der Waals surface area contributed by atoms with E-state index in [-0.39, 0.29) is 5.56 Å². The molecule has 0 atom stereocenters. The Morgan fingerprint density at radius 3 is 2.30 bits per heavy atom. The Morgan fingerprint density at radius 1 is 1.15 bits per heavy atom. The van der Waals surface area contributed by atoms with Crippen molar-refractivity contribution in [3.63, 3.8) is 0 Å². The molecule has 1 aromatic heterocycles. The van der Waals surface area contributed by atoms with Gasteiger partial charge in [-0.05, 0) is 13.3 Å². The summed E-state index contributed by atoms with van der Waals surface area (Å²) < 4.78 is 25.1. The standard InChI is InChI=1S/C15H17F2N3/c1-4-12-9(2)19-14(20-15(12)18-3)11-7-5-10(6-8-11)13(16)17/h5-8,13H,4H2,1-3H3,(H,18,19,20). The first-order chi connectivity index (χ1) is 9.56. The molecule has 0 radical (unpaired) electrons. The van der Waals surface area contributed by atoms with Crippen LogP contribution in [0.2, 0.25) is 0 Å². The number of alkyl halides is 2. The summed E-state index contributed by atoms with van der Waals surface area (Å²) in [6, 6.07) is 6.07. The second-order valence-electron chi connectivity index (χ2n) is 4.49. The van der Waals surface area contributed by atoms with Crippen LogP contribution in [-0.2, 0) is 6.42 Å². The van der Waals surface area contributed by atoms with Crippen molar-refractivity contribution in [2.75, 3.05) is 12.4 Å². The molecule has 0 saturated carbocycles. The maximum atomic E-state index is 12.5. The van der Waals surface area contributed by atoms with E-state index in [9.17, 15) is 8.78 Å². The highest BCUT2D eigenvalue weighted by atomic mass is 19.3. The maximum Gasteiger partial charge on any atom is 0.263 e. The van der Waals surface area contributed by atoms with Crippen molar-refractivity contribution < 1.29 is 8.78 Å². The number of nitrogens with zero attached hydrogens (tertiary/aromatic N) is 2. The largest absolute Gasteiger partial charge is 0.373 e. The molecule has 2 rings (SSSR count). The van der Waals surface area contributed by atoms with Crippen LogP contribution in [0.15, 0.2) is 24.3 Å². The van der Waals surface area contributed by atoms with Crippen molar-refractivity contribution in [2.45, 2.75) is 26.7 Å². The van der Waals surface area contributed by atoms with Crippen molar-refractivity contribution in [1.29, 1.82) is 0 Å². The van der Waals surface area contributed by atoms with Crippen LogP contribution in [0.3, 0.4) is 0 Å². The first-order valence-electron chi connectivity index (χ1n) is 6.50. The quantitative estimate of drug-likeness (QED) is 0.918. The summed E-state index contributed by atoms with van der Waals surface area (Å²) >= 11 is 0. The number of hydrogen-bond acceptors (Lipinski definition) is 3. The molecule has 0 aliphatic carbocycles. The van der Waals surface area contributed by atoms with Crippen LogP contribution in [0.1, 0.15) is 30.2 Å². The van der Waals surface area contributed by atoms with Gasteiger partial charge in [-0.3, -0.25) is 0 Å². The highest BCUT2D eigenvalue weighted by molar-refractivity contribution is 5.60. The second kappa shape index (κ2) is 5.94. The van der Waals surface area contributed by atoms with Gasteiger partial charge in [0.1, 0.15) is 5.82 Å². The molecule has 0 saturated heterocycles. The number of hydrogen-bond donors (Lipinski definition) is 1. The Morgan fingerprint density at radius 2 is 1.80 bits per heavy atom. The number of rotatable bonds is 4. The third-order valence-electron chi connectivity index (χ3n) is 3.23. The van der Waals surface area contributed by atoms with E-state index < -0.39 is 6.43 Å². The zero-order chi connectivity index (χ0) is 14.7. The molecule has 106 valence electrons. The van der Waals surface area contributed by atoms with Gasteiger partial charge in [-0.1, -0.05) is 31.2 Å². The topological polar surface area (TPSA) is 37.8 Å². The minimum Gasteiger partial charge on any atom is -0.373 e. The van der Waals surface area contributed by atoms with Crippen molar-refractivity contribution in [1.82, 2.24) is 9.97 Å². The van der Waals surface area contributed by atoms with Crippen molar-refractivity contribution >= 4 is 5.82 Å². The molecule has 2 aromatic rings. The normalized spacial score (nSPS) is 10.9. The summed E-state index contributed by atoms with van der Waals surface area (Å²) in [5.41, 5.74) is 2.71. The fraction of sp³-hybridized carbons (Fsp3) is 0.333. The van der Waals surface area contributed by atoms with E-state index >= 15 is 0 Å². The van der Waals surface area contributed by atoms with E-state index in [2.05, 4.69) is 15.3 Å². The number of nitrogens with one attached hydrogen (secondary N) is 1. The molecule has 1 aromatic carbocycles. The number of aromatic nitrogens is 2. The third kappa shape index (κ3) is 2.76. The van der Waals surface area contributed by atoms with Crippen LogP contribution in [-0.4, -0.2) is 17.0 Å². The summed E-state index contributed by atoms with van der Waals surface area (Å²) in [5.74, 6) is 1.33. The molecule has 1 heterocycles. The molecule has 0 amide bonds. The Bertz CT molecular complexity index is 595. The smallest absolute Gasteiger partial charge is 0.263 e. The first kappa shape index (κ1) is 14.4. The molecule has 0 spiro atoms. The summed E-state index contributed by atoms with van der Waals surface area (Å²) in [7, 11) is 1.81. The number of halogens is 2. The highest BCUT2D eigenvalue weighted by Crippen LogP contribution is 2.25. The van der Waals surface area contributed by atoms with E-state index in [1.54, 1.807) is 12.1 Å². The first-order valence-corrected chi connectivity index (χ1v) is 6.50. The molecule has 0 aliphatic rings. The number of anilines is 1. The van der Waals surface area contributed by atoms with Crippen molar-refractivity contribution in [3.05, 3.63) is 41.1 Å². The van der Waals surface area contributed by atoms with Crippen LogP contribution in [0.5, 0.6) is 0 Å². The van der Waals surface area contributed by atoms with Crippen molar-refractivity contribution in [2.24, 2.45) is 0 Å². The molecular weight excluding hydrogens is 260 g/mol. The van der Waals surface area contributed by atoms with Crippen LogP contribution >= 0.6 is 0 Å². The SMILES string of the molecule is CCc1c(C)nc(-c2ccc(C(F)F)cc2)nc1NC. The van der Waals surface area contributed by atoms with E-state index in [0.29, 0.717) is 5.82 Å². The van der Waals surface area contributed by atoms with Gasteiger partial charge in [-0.2, -0.15) is 0 Å². The van der Waals surface area contributed by atoms with E-state index in [4.69, 9.17) is 0 Å². The fourth-order valence-corrected chi connectivity index (χ4v) is 2.13. The third-order valence-corrected chi connectivity index (χ3v) is 3.23. The van der Waals surface area contributed by atoms with Crippen LogP contribution in [0, 0.1) is 6.92 Å². The molecule has 0 fully saturated rings. The minimum absolute atomic E-state index is 0.00416. The molecule has 0 unspecified atom stereocenters. The van der Waals surface area contributed by atoms with Gasteiger partial charge in [0.2, 0.25) is 0 Å². The van der Waals surface area contributed by atoms with Gasteiger partial charge >= 0.3 is 0 Å². The zero-order valence-electron chi connectivity index (χ0n) is 11.7. The Hall–Kier alpha value is -2.04. The summed E-state index contributed by atoms with van der Waals surface area (Å²) in [6.07, 6.45) is -1.62. The van der Waals surface area contributed by atoms with E-state index in [1.807, 2.05) is 20.9 Å². The van der Waals surface area contributed by atoms with E-state index in [0.717, 1.165) is 29.1 Å². The number of benzene rings is 1. The predicted octanol–water partition coefficient (Wildman–Crippen LogP) is 3.99. The molecule has 1 N–H and O–H groups in total. The molecule has 0 aliphatic heterocycles. The summed E-state index contributed by atoms with van der Waals surface area (Å²) in [4.78, 5) is 8.92. The molecule has 0 bridgehead atoms. The average molecular weight is 277 g/mol. The van der Waals surface area contributed by atoms with Gasteiger partial charge in [0.05, 0.1) is 0 Å². The zero-order valence-corrected chi connectivity index (χ0v) is 11.7.